The van der Waals surface area contributed by atoms with Crippen molar-refractivity contribution in [3.63, 3.8) is 0 Å². The Morgan fingerprint density at radius 3 is 1.52 bits per heavy atom. The molecule has 0 aromatic heterocycles. The molecule has 73 heavy (non-hydrogen) atoms. The third kappa shape index (κ3) is 21.2. The van der Waals surface area contributed by atoms with Gasteiger partial charge in [0.1, 0.15) is 54.4 Å². The fraction of sp³-hybridized carbons (Fsp3) is 0.600. The highest BCUT2D eigenvalue weighted by molar-refractivity contribution is 7.80. The Labute approximate surface area is 432 Å². The number of aliphatic hydroxyl groups excluding tert-OH is 1. The monoisotopic (exact) mass is 1070 g/mol. The van der Waals surface area contributed by atoms with Gasteiger partial charge in [0.05, 0.1) is 26.0 Å². The Morgan fingerprint density at radius 1 is 0.575 bits per heavy atom. The van der Waals surface area contributed by atoms with Crippen LogP contribution in [0.3, 0.4) is 0 Å². The van der Waals surface area contributed by atoms with E-state index in [1.807, 2.05) is 0 Å². The summed E-state index contributed by atoms with van der Waals surface area (Å²) in [7, 11) is 0. The molecule has 0 bridgehead atoms. The largest absolute Gasteiger partial charge is 0.481 e. The fourth-order valence-electron chi connectivity index (χ4n) is 7.06. The highest BCUT2D eigenvalue weighted by Crippen LogP contribution is 2.13. The summed E-state index contributed by atoms with van der Waals surface area (Å²) < 4.78 is 0. The highest BCUT2D eigenvalue weighted by Gasteiger charge is 2.38. The van der Waals surface area contributed by atoms with Gasteiger partial charge in [0, 0.05) is 17.9 Å². The number of unbranched alkanes of at least 4 members (excludes halogenated alkanes) is 1. The molecule has 26 nitrogen and oxygen atoms in total. The van der Waals surface area contributed by atoms with Crippen molar-refractivity contribution < 1.29 is 72.9 Å². The predicted octanol–water partition coefficient (Wildman–Crippen LogP) is -4.65. The zero-order chi connectivity index (χ0) is 54.9. The number of amides is 10. The number of carbonyl (C=O) groups excluding carboxylic acids is 10. The summed E-state index contributed by atoms with van der Waals surface area (Å²) in [6.07, 6.45) is -1.81. The number of thiol groups is 2. The number of hydrogen-bond acceptors (Lipinski definition) is 16. The lowest BCUT2D eigenvalue weighted by atomic mass is 9.95. The van der Waals surface area contributed by atoms with Crippen molar-refractivity contribution in [2.45, 2.75) is 127 Å². The number of rotatable bonds is 16. The molecule has 2 rings (SSSR count). The maximum atomic E-state index is 14.2. The molecule has 1 fully saturated rings. The molecule has 10 atom stereocenters. The predicted molar refractivity (Wildman–Crippen MR) is 267 cm³/mol. The first kappa shape index (κ1) is 62.6. The van der Waals surface area contributed by atoms with E-state index < -0.39 is 163 Å². The van der Waals surface area contributed by atoms with Gasteiger partial charge in [-0.25, -0.2) is 0 Å². The Balaban J connectivity index is 2.73. The molecule has 1 aromatic rings. The molecule has 1 heterocycles. The van der Waals surface area contributed by atoms with Gasteiger partial charge in [-0.05, 0) is 43.2 Å². The van der Waals surface area contributed by atoms with Gasteiger partial charge in [0.2, 0.25) is 59.1 Å². The van der Waals surface area contributed by atoms with Crippen molar-refractivity contribution in [2.75, 3.05) is 31.2 Å². The normalized spacial score (nSPS) is 25.7. The summed E-state index contributed by atoms with van der Waals surface area (Å²) in [5.74, 6) is -15.7. The summed E-state index contributed by atoms with van der Waals surface area (Å²) >= 11 is 8.35. The third-order valence-corrected chi connectivity index (χ3v) is 12.2. The fourth-order valence-corrected chi connectivity index (χ4v) is 7.58. The Kier molecular flexibility index (Phi) is 27.3. The van der Waals surface area contributed by atoms with E-state index in [2.05, 4.69) is 78.4 Å². The molecule has 1 aliphatic heterocycles. The Morgan fingerprint density at radius 2 is 1.01 bits per heavy atom. The number of benzene rings is 1. The summed E-state index contributed by atoms with van der Waals surface area (Å²) in [6.45, 7) is 4.66. The van der Waals surface area contributed by atoms with Crippen LogP contribution in [0.4, 0.5) is 0 Å². The number of aliphatic carboxylic acids is 2. The average Bonchev–Trinajstić information content (AvgIpc) is 3.34. The van der Waals surface area contributed by atoms with Crippen molar-refractivity contribution >= 4 is 96.3 Å². The van der Waals surface area contributed by atoms with Crippen LogP contribution in [0.2, 0.25) is 0 Å². The molecular formula is C45H69N11O15S2. The van der Waals surface area contributed by atoms with Gasteiger partial charge in [-0.1, -0.05) is 64.4 Å². The number of nitrogens with two attached hydrogens (primary N) is 1. The van der Waals surface area contributed by atoms with Gasteiger partial charge in [0.25, 0.3) is 0 Å². The molecule has 10 amide bonds. The molecule has 28 heteroatoms. The van der Waals surface area contributed by atoms with Gasteiger partial charge in [-0.3, -0.25) is 57.5 Å². The van der Waals surface area contributed by atoms with Crippen LogP contribution in [0.15, 0.2) is 30.3 Å². The van der Waals surface area contributed by atoms with E-state index in [9.17, 15) is 72.9 Å². The summed E-state index contributed by atoms with van der Waals surface area (Å²) in [6, 6.07) is -6.04. The van der Waals surface area contributed by atoms with Crippen molar-refractivity contribution in [3.05, 3.63) is 35.9 Å². The smallest absolute Gasteiger partial charge is 0.305 e. The number of carboxylic acid groups (broad SMARTS) is 2. The molecule has 1 aliphatic rings. The maximum Gasteiger partial charge on any atom is 0.305 e. The summed E-state index contributed by atoms with van der Waals surface area (Å²) in [5.41, 5.74) is 6.18. The minimum Gasteiger partial charge on any atom is -0.481 e. The molecule has 15 N–H and O–H groups in total. The molecule has 406 valence electrons. The first-order chi connectivity index (χ1) is 34.5. The highest BCUT2D eigenvalue weighted by atomic mass is 32.1. The second-order valence-electron chi connectivity index (χ2n) is 17.5. The quantitative estimate of drug-likeness (QED) is 0.0547. The van der Waals surface area contributed by atoms with E-state index in [1.54, 1.807) is 58.0 Å². The van der Waals surface area contributed by atoms with Gasteiger partial charge in [0.15, 0.2) is 0 Å². The number of nitrogens with one attached hydrogen (secondary N) is 10. The molecular weight excluding hydrogens is 999 g/mol. The van der Waals surface area contributed by atoms with Gasteiger partial charge in [-0.2, -0.15) is 25.3 Å². The minimum absolute atomic E-state index is 0.130. The zero-order valence-corrected chi connectivity index (χ0v) is 42.7. The Bertz CT molecular complexity index is 2120. The van der Waals surface area contributed by atoms with Crippen LogP contribution >= 0.6 is 25.3 Å². The van der Waals surface area contributed by atoms with E-state index in [1.165, 1.54) is 0 Å². The maximum absolute atomic E-state index is 14.2. The lowest BCUT2D eigenvalue weighted by Crippen LogP contribution is -2.62. The lowest BCUT2D eigenvalue weighted by molar-refractivity contribution is -0.144. The number of carboxylic acids is 2. The third-order valence-electron chi connectivity index (χ3n) is 11.4. The number of aliphatic hydroxyl groups is 1. The number of hydrogen-bond donors (Lipinski definition) is 16. The van der Waals surface area contributed by atoms with Crippen LogP contribution in [0.25, 0.3) is 0 Å². The summed E-state index contributed by atoms with van der Waals surface area (Å²) in [5, 5.41) is 53.2. The first-order valence-corrected chi connectivity index (χ1v) is 24.8. The number of carbonyl (C=O) groups is 12. The van der Waals surface area contributed by atoms with Gasteiger partial charge < -0.3 is 74.2 Å². The van der Waals surface area contributed by atoms with Crippen LogP contribution in [-0.2, 0) is 64.0 Å². The van der Waals surface area contributed by atoms with Crippen LogP contribution < -0.4 is 58.9 Å². The second-order valence-corrected chi connectivity index (χ2v) is 18.3. The zero-order valence-electron chi connectivity index (χ0n) is 40.9. The lowest BCUT2D eigenvalue weighted by Gasteiger charge is -2.30. The van der Waals surface area contributed by atoms with Crippen LogP contribution in [0.1, 0.15) is 71.8 Å². The average molecular weight is 1070 g/mol. The van der Waals surface area contributed by atoms with Crippen molar-refractivity contribution in [1.82, 2.24) is 53.2 Å². The summed E-state index contributed by atoms with van der Waals surface area (Å²) in [4.78, 5) is 161. The van der Waals surface area contributed by atoms with Gasteiger partial charge in [-0.15, -0.1) is 0 Å². The van der Waals surface area contributed by atoms with E-state index in [0.29, 0.717) is 12.0 Å². The molecule has 0 radical (unpaired) electrons. The van der Waals surface area contributed by atoms with Crippen molar-refractivity contribution in [3.8, 4) is 0 Å². The van der Waals surface area contributed by atoms with Crippen molar-refractivity contribution in [2.24, 2.45) is 17.6 Å². The first-order valence-electron chi connectivity index (χ1n) is 23.5. The second kappa shape index (κ2) is 31.8. The minimum atomic E-state index is -2.01. The van der Waals surface area contributed by atoms with Crippen LogP contribution in [0, 0.1) is 11.8 Å². The molecule has 1 aromatic carbocycles. The van der Waals surface area contributed by atoms with E-state index >= 15 is 0 Å². The molecule has 0 saturated carbocycles. The van der Waals surface area contributed by atoms with Crippen molar-refractivity contribution in [1.29, 1.82) is 0 Å². The van der Waals surface area contributed by atoms with E-state index in [0.717, 1.165) is 0 Å². The molecule has 0 aliphatic carbocycles. The van der Waals surface area contributed by atoms with Crippen LogP contribution in [-0.4, -0.2) is 172 Å². The topological polar surface area (TPSA) is 412 Å². The van der Waals surface area contributed by atoms with Gasteiger partial charge >= 0.3 is 11.9 Å². The van der Waals surface area contributed by atoms with Crippen LogP contribution in [0.5, 0.6) is 0 Å². The van der Waals surface area contributed by atoms with E-state index in [-0.39, 0.29) is 43.7 Å². The standard InChI is InChI=1S/C45H69N11O15S2/c1-5-23(4)36-45(71)52-28(17-34(61)62)40(66)51-27(16-33(59)60)39(65)49-25(13-9-10-14-46)38(64)53-29(19-57)37(63)47-18-32(58)48-30(20-72)42(68)54-31(21-73)43(69)50-26(15-24-11-7-6-8-12-24)41(67)55-35(22(2)3)44(70)56-36/h6-8,11-12,22-23,25-31,35-36,57,72-73H,5,9-10,13-21,46H2,1-4H3,(H,47,63)(H,48,58)(H,49,65)(H,50,69)(H,51,66)(H,52,71)(H,53,64)(H,54,68)(H,55,67)(H,56,70)(H,59,60)(H,61,62)/t23-,25-,26-,27-,28-,29-,30-,31-,35-,36-/m0/s1. The Hall–Kier alpha value is -6.52. The SMILES string of the molecule is CC[C@H](C)[C@@H]1NC(=O)[C@H](C(C)C)NC(=O)[C@H](Cc2ccccc2)NC(=O)[C@H](CS)NC(=O)[C@H](CS)NC(=O)CNC(=O)[C@H](CO)NC(=O)[C@H](CCCCN)NC(=O)[C@H](CC(=O)O)NC(=O)[C@H](CC(=O)O)NC1=O. The molecule has 1 saturated heterocycles. The van der Waals surface area contributed by atoms with E-state index in [4.69, 9.17) is 5.73 Å². The molecule has 0 unspecified atom stereocenters. The molecule has 0 spiro atoms.